The van der Waals surface area contributed by atoms with Crippen molar-refractivity contribution in [1.82, 2.24) is 5.32 Å². The molecule has 5 nitrogen and oxygen atoms in total. The van der Waals surface area contributed by atoms with Crippen LogP contribution >= 0.6 is 11.8 Å². The summed E-state index contributed by atoms with van der Waals surface area (Å²) >= 11 is 1.06. The minimum atomic E-state index is -4.48. The van der Waals surface area contributed by atoms with Crippen LogP contribution in [-0.2, 0) is 17.6 Å². The average Bonchev–Trinajstić information content (AvgIpc) is 3.50. The zero-order chi connectivity index (χ0) is 28.6. The first-order valence-electron chi connectivity index (χ1n) is 12.1. The molecule has 1 fully saturated rings. The van der Waals surface area contributed by atoms with E-state index in [1.807, 2.05) is 0 Å². The number of carbonyl (C=O) groups excluding carboxylic acids is 1. The van der Waals surface area contributed by atoms with Gasteiger partial charge in [-0.3, -0.25) is 4.79 Å². The molecule has 39 heavy (non-hydrogen) atoms. The zero-order valence-electron chi connectivity index (χ0n) is 21.0. The van der Waals surface area contributed by atoms with E-state index in [9.17, 15) is 36.6 Å². The van der Waals surface area contributed by atoms with E-state index in [1.54, 1.807) is 44.2 Å². The minimum absolute atomic E-state index is 0.0291. The number of thioether (sulfide) groups is 1. The summed E-state index contributed by atoms with van der Waals surface area (Å²) in [5, 5.41) is 13.7. The number of nitrogens with one attached hydrogen (secondary N) is 1. The van der Waals surface area contributed by atoms with Crippen LogP contribution in [0.25, 0.3) is 10.8 Å². The maximum Gasteiger partial charge on any atom is 0.416 e. The minimum Gasteiger partial charge on any atom is -0.487 e. The van der Waals surface area contributed by atoms with E-state index in [2.05, 4.69) is 5.32 Å². The van der Waals surface area contributed by atoms with Gasteiger partial charge in [0.05, 0.1) is 11.1 Å². The highest BCUT2D eigenvalue weighted by Crippen LogP contribution is 2.51. The second kappa shape index (κ2) is 10.7. The zero-order valence-corrected chi connectivity index (χ0v) is 21.8. The molecule has 0 heterocycles. The van der Waals surface area contributed by atoms with Gasteiger partial charge in [-0.1, -0.05) is 42.5 Å². The third-order valence-electron chi connectivity index (χ3n) is 6.62. The van der Waals surface area contributed by atoms with Crippen LogP contribution < -0.4 is 10.1 Å². The molecule has 1 saturated carbocycles. The molecule has 3 aromatic carbocycles. The number of benzene rings is 3. The van der Waals surface area contributed by atoms with Crippen LogP contribution in [0.5, 0.6) is 5.75 Å². The van der Waals surface area contributed by atoms with Gasteiger partial charge < -0.3 is 15.2 Å². The number of carbonyl (C=O) groups is 2. The Morgan fingerprint density at radius 3 is 2.31 bits per heavy atom. The normalized spacial score (nSPS) is 17.5. The summed E-state index contributed by atoms with van der Waals surface area (Å²) in [7, 11) is 0. The third kappa shape index (κ3) is 6.63. The standard InChI is InChI=1S/C28H26F5NO4S/c1-26(2,39-15-19-13-27(19,29)30)23(25(36)37)34-24(35)21-12-9-17-5-3-4-6-20(17)22(21)38-14-16-7-10-18(11-8-16)28(31,32)33/h3-12,19,23H,13-15H2,1-2H3,(H,34,35)(H,36,37). The summed E-state index contributed by atoms with van der Waals surface area (Å²) in [5.41, 5.74) is -0.344. The number of carboxylic acids is 1. The monoisotopic (exact) mass is 567 g/mol. The van der Waals surface area contributed by atoms with Crippen LogP contribution in [-0.4, -0.2) is 39.4 Å². The fourth-order valence-electron chi connectivity index (χ4n) is 4.11. The van der Waals surface area contributed by atoms with Gasteiger partial charge in [0.15, 0.2) is 0 Å². The lowest BCUT2D eigenvalue weighted by Gasteiger charge is -2.31. The van der Waals surface area contributed by atoms with Crippen LogP contribution in [0.15, 0.2) is 60.7 Å². The first kappa shape index (κ1) is 28.7. The maximum atomic E-state index is 13.4. The quantitative estimate of drug-likeness (QED) is 0.264. The van der Waals surface area contributed by atoms with E-state index >= 15 is 0 Å². The molecular weight excluding hydrogens is 541 g/mol. The summed E-state index contributed by atoms with van der Waals surface area (Å²) in [6, 6.07) is 13.2. The lowest BCUT2D eigenvalue weighted by Crippen LogP contribution is -2.52. The van der Waals surface area contributed by atoms with Crippen LogP contribution in [0.4, 0.5) is 22.0 Å². The second-order valence-corrected chi connectivity index (χ2v) is 11.6. The summed E-state index contributed by atoms with van der Waals surface area (Å²) < 4.78 is 70.2. The first-order chi connectivity index (χ1) is 18.2. The molecule has 0 aliphatic heterocycles. The van der Waals surface area contributed by atoms with Crippen molar-refractivity contribution in [1.29, 1.82) is 0 Å². The van der Waals surface area contributed by atoms with E-state index in [-0.39, 0.29) is 30.1 Å². The summed E-state index contributed by atoms with van der Waals surface area (Å²) in [6.07, 6.45) is -4.72. The largest absolute Gasteiger partial charge is 0.487 e. The SMILES string of the molecule is CC(C)(SCC1CC1(F)F)C(NC(=O)c1ccc2ccccc2c1OCc1ccc(C(F)(F)F)cc1)C(=O)O. The molecule has 0 radical (unpaired) electrons. The van der Waals surface area contributed by atoms with E-state index in [0.717, 1.165) is 29.3 Å². The number of fused-ring (bicyclic) bond motifs is 1. The number of amides is 1. The van der Waals surface area contributed by atoms with Gasteiger partial charge in [0.1, 0.15) is 18.4 Å². The molecule has 1 aliphatic rings. The molecule has 0 bridgehead atoms. The summed E-state index contributed by atoms with van der Waals surface area (Å²) in [5.74, 6) is -5.44. The van der Waals surface area contributed by atoms with Crippen LogP contribution in [0.3, 0.4) is 0 Å². The Morgan fingerprint density at radius 1 is 1.08 bits per heavy atom. The van der Waals surface area contributed by atoms with Gasteiger partial charge in [-0.25, -0.2) is 13.6 Å². The van der Waals surface area contributed by atoms with E-state index < -0.39 is 46.2 Å². The molecule has 3 aromatic rings. The van der Waals surface area contributed by atoms with Crippen molar-refractivity contribution in [3.8, 4) is 5.75 Å². The third-order valence-corrected chi connectivity index (χ3v) is 8.17. The van der Waals surface area contributed by atoms with Crippen molar-refractivity contribution in [2.24, 2.45) is 5.92 Å². The molecule has 2 unspecified atom stereocenters. The Labute approximate surface area is 225 Å². The molecule has 1 amide bonds. The number of carboxylic acid groups (broad SMARTS) is 1. The fourth-order valence-corrected chi connectivity index (χ4v) is 5.43. The lowest BCUT2D eigenvalue weighted by molar-refractivity contribution is -0.140. The van der Waals surface area contributed by atoms with Gasteiger partial charge in [0.25, 0.3) is 11.8 Å². The van der Waals surface area contributed by atoms with Gasteiger partial charge in [-0.05, 0) is 43.0 Å². The summed E-state index contributed by atoms with van der Waals surface area (Å²) in [4.78, 5) is 25.5. The predicted octanol–water partition coefficient (Wildman–Crippen LogP) is 6.79. The average molecular weight is 568 g/mol. The molecule has 11 heteroatoms. The number of hydrogen-bond acceptors (Lipinski definition) is 4. The van der Waals surface area contributed by atoms with Crippen molar-refractivity contribution in [2.45, 2.75) is 49.8 Å². The molecule has 0 saturated heterocycles. The number of rotatable bonds is 10. The molecule has 4 rings (SSSR count). The molecule has 2 atom stereocenters. The van der Waals surface area contributed by atoms with Crippen molar-refractivity contribution < 1.29 is 41.4 Å². The highest BCUT2D eigenvalue weighted by Gasteiger charge is 2.57. The van der Waals surface area contributed by atoms with Crippen molar-refractivity contribution in [2.75, 3.05) is 5.75 Å². The van der Waals surface area contributed by atoms with Crippen molar-refractivity contribution in [3.05, 3.63) is 77.4 Å². The molecular formula is C28H26F5NO4S. The first-order valence-corrected chi connectivity index (χ1v) is 13.0. The number of ether oxygens (including phenoxy) is 1. The Hall–Kier alpha value is -3.34. The number of alkyl halides is 5. The maximum absolute atomic E-state index is 13.4. The molecule has 2 N–H and O–H groups in total. The highest BCUT2D eigenvalue weighted by molar-refractivity contribution is 8.00. The summed E-state index contributed by atoms with van der Waals surface area (Å²) in [6.45, 7) is 2.99. The molecule has 208 valence electrons. The van der Waals surface area contributed by atoms with Crippen LogP contribution in [0.2, 0.25) is 0 Å². The molecule has 1 aliphatic carbocycles. The van der Waals surface area contributed by atoms with Gasteiger partial charge in [-0.2, -0.15) is 24.9 Å². The topological polar surface area (TPSA) is 75.6 Å². The Balaban J connectivity index is 1.57. The highest BCUT2D eigenvalue weighted by atomic mass is 32.2. The van der Waals surface area contributed by atoms with Crippen LogP contribution in [0, 0.1) is 5.92 Å². The Kier molecular flexibility index (Phi) is 7.84. The smallest absolute Gasteiger partial charge is 0.416 e. The van der Waals surface area contributed by atoms with E-state index in [4.69, 9.17) is 4.74 Å². The number of hydrogen-bond donors (Lipinski definition) is 2. The number of aliphatic carboxylic acids is 1. The molecule has 0 spiro atoms. The predicted molar refractivity (Wildman–Crippen MR) is 138 cm³/mol. The molecule has 0 aromatic heterocycles. The van der Waals surface area contributed by atoms with Crippen molar-refractivity contribution >= 4 is 34.4 Å². The van der Waals surface area contributed by atoms with Gasteiger partial charge in [0.2, 0.25) is 0 Å². The lowest BCUT2D eigenvalue weighted by atomic mass is 10.0. The van der Waals surface area contributed by atoms with Gasteiger partial charge in [-0.15, -0.1) is 0 Å². The fraction of sp³-hybridized carbons (Fsp3) is 0.357. The van der Waals surface area contributed by atoms with E-state index in [0.29, 0.717) is 10.9 Å². The number of halogens is 5. The van der Waals surface area contributed by atoms with Crippen LogP contribution in [0.1, 0.15) is 41.8 Å². The van der Waals surface area contributed by atoms with Gasteiger partial charge >= 0.3 is 12.1 Å². The Bertz CT molecular complexity index is 1370. The van der Waals surface area contributed by atoms with E-state index in [1.165, 1.54) is 18.2 Å². The second-order valence-electron chi connectivity index (χ2n) is 9.97. The Morgan fingerprint density at radius 2 is 1.72 bits per heavy atom. The van der Waals surface area contributed by atoms with Gasteiger partial charge in [0, 0.05) is 28.2 Å². The van der Waals surface area contributed by atoms with Crippen molar-refractivity contribution in [3.63, 3.8) is 0 Å².